The predicted octanol–water partition coefficient (Wildman–Crippen LogP) is 3.82. The Bertz CT molecular complexity index is 271. The van der Waals surface area contributed by atoms with Crippen LogP contribution >= 0.6 is 0 Å². The molecule has 0 fully saturated rings. The summed E-state index contributed by atoms with van der Waals surface area (Å²) in [5, 5.41) is 3.00. The van der Waals surface area contributed by atoms with Crippen LogP contribution in [0.25, 0.3) is 0 Å². The van der Waals surface area contributed by atoms with Crippen LogP contribution < -0.4 is 0 Å². The Morgan fingerprint density at radius 1 is 1.23 bits per heavy atom. The minimum atomic E-state index is 0.596. The Labute approximate surface area is 79.0 Å². The van der Waals surface area contributed by atoms with Crippen molar-refractivity contribution in [3.05, 3.63) is 34.7 Å². The molecule has 0 aliphatic rings. The van der Waals surface area contributed by atoms with E-state index in [0.717, 1.165) is 18.4 Å². The fourth-order valence-corrected chi connectivity index (χ4v) is 1.38. The fraction of sp³-hybridized carbons (Fsp3) is 0.455. The summed E-state index contributed by atoms with van der Waals surface area (Å²) in [6, 6.07) is 7.55. The fourth-order valence-electron chi connectivity index (χ4n) is 1.38. The van der Waals surface area contributed by atoms with Crippen LogP contribution in [0, 0.1) is 4.91 Å². The average molecular weight is 177 g/mol. The maximum Gasteiger partial charge on any atom is 0.111 e. The van der Waals surface area contributed by atoms with Crippen molar-refractivity contribution in [1.82, 2.24) is 0 Å². The molecule has 1 aromatic carbocycles. The van der Waals surface area contributed by atoms with Crippen LogP contribution in [0.1, 0.15) is 31.7 Å². The molecule has 0 atom stereocenters. The normalized spacial score (nSPS) is 9.92. The van der Waals surface area contributed by atoms with Gasteiger partial charge in [-0.25, -0.2) is 0 Å². The summed E-state index contributed by atoms with van der Waals surface area (Å²) < 4.78 is 0. The average Bonchev–Trinajstić information content (AvgIpc) is 2.19. The minimum Gasteiger partial charge on any atom is -0.145 e. The Hall–Kier alpha value is -1.18. The number of nitroso groups, excluding NO2 is 1. The molecule has 0 radical (unpaired) electrons. The molecule has 0 spiro atoms. The highest BCUT2D eigenvalue weighted by molar-refractivity contribution is 5.45. The van der Waals surface area contributed by atoms with Gasteiger partial charge in [-0.1, -0.05) is 38.0 Å². The van der Waals surface area contributed by atoms with E-state index in [4.69, 9.17) is 0 Å². The van der Waals surface area contributed by atoms with E-state index in [2.05, 4.69) is 12.1 Å². The SMILES string of the molecule is CCCCCc1ccccc1N=O. The quantitative estimate of drug-likeness (QED) is 0.496. The van der Waals surface area contributed by atoms with E-state index in [1.54, 1.807) is 6.07 Å². The third-order valence-electron chi connectivity index (χ3n) is 2.14. The molecule has 0 saturated carbocycles. The minimum absolute atomic E-state index is 0.596. The van der Waals surface area contributed by atoms with Gasteiger partial charge in [-0.15, -0.1) is 4.91 Å². The standard InChI is InChI=1S/C11H15NO/c1-2-3-4-7-10-8-5-6-9-11(10)12-13/h5-6,8-9H,2-4,7H2,1H3. The number of unbranched alkanes of at least 4 members (excludes halogenated alkanes) is 2. The molecule has 0 heterocycles. The van der Waals surface area contributed by atoms with Crippen LogP contribution in [0.3, 0.4) is 0 Å². The molecule has 0 N–H and O–H groups in total. The number of benzene rings is 1. The van der Waals surface area contributed by atoms with E-state index in [1.807, 2.05) is 18.2 Å². The Morgan fingerprint density at radius 3 is 2.69 bits per heavy atom. The van der Waals surface area contributed by atoms with Gasteiger partial charge in [-0.3, -0.25) is 0 Å². The highest BCUT2D eigenvalue weighted by atomic mass is 16.3. The third kappa shape index (κ3) is 2.98. The largest absolute Gasteiger partial charge is 0.145 e. The van der Waals surface area contributed by atoms with Crippen molar-refractivity contribution >= 4 is 5.69 Å². The summed E-state index contributed by atoms with van der Waals surface area (Å²) in [5.74, 6) is 0. The van der Waals surface area contributed by atoms with Gasteiger partial charge in [0, 0.05) is 0 Å². The first-order valence-corrected chi connectivity index (χ1v) is 4.79. The Kier molecular flexibility index (Phi) is 4.16. The molecule has 0 aliphatic carbocycles. The number of nitrogens with zero attached hydrogens (tertiary/aromatic N) is 1. The van der Waals surface area contributed by atoms with Gasteiger partial charge in [0.05, 0.1) is 0 Å². The van der Waals surface area contributed by atoms with Gasteiger partial charge in [0.1, 0.15) is 5.69 Å². The molecule has 0 saturated heterocycles. The molecule has 2 heteroatoms. The van der Waals surface area contributed by atoms with Gasteiger partial charge >= 0.3 is 0 Å². The van der Waals surface area contributed by atoms with E-state index in [1.165, 1.54) is 12.8 Å². The molecule has 1 rings (SSSR count). The summed E-state index contributed by atoms with van der Waals surface area (Å²) in [6.07, 6.45) is 4.53. The van der Waals surface area contributed by atoms with E-state index >= 15 is 0 Å². The smallest absolute Gasteiger partial charge is 0.111 e. The third-order valence-corrected chi connectivity index (χ3v) is 2.14. The lowest BCUT2D eigenvalue weighted by Gasteiger charge is -2.01. The molecule has 0 aromatic heterocycles. The Morgan fingerprint density at radius 2 is 2.00 bits per heavy atom. The second-order valence-corrected chi connectivity index (χ2v) is 3.18. The highest BCUT2D eigenvalue weighted by Gasteiger charge is 2.00. The molecule has 2 nitrogen and oxygen atoms in total. The summed E-state index contributed by atoms with van der Waals surface area (Å²) >= 11 is 0. The molecular formula is C11H15NO. The van der Waals surface area contributed by atoms with Crippen molar-refractivity contribution in [1.29, 1.82) is 0 Å². The van der Waals surface area contributed by atoms with Crippen molar-refractivity contribution in [2.75, 3.05) is 0 Å². The van der Waals surface area contributed by atoms with Crippen molar-refractivity contribution in [3.63, 3.8) is 0 Å². The zero-order valence-corrected chi connectivity index (χ0v) is 7.99. The monoisotopic (exact) mass is 177 g/mol. The van der Waals surface area contributed by atoms with Gasteiger partial charge < -0.3 is 0 Å². The molecule has 1 aromatic rings. The molecule has 0 aliphatic heterocycles. The predicted molar refractivity (Wildman–Crippen MR) is 55.1 cm³/mol. The van der Waals surface area contributed by atoms with E-state index in [-0.39, 0.29) is 0 Å². The molecule has 70 valence electrons. The van der Waals surface area contributed by atoms with Gasteiger partial charge in [0.25, 0.3) is 0 Å². The van der Waals surface area contributed by atoms with Crippen LogP contribution in [0.15, 0.2) is 29.4 Å². The van der Waals surface area contributed by atoms with E-state index in [9.17, 15) is 4.91 Å². The zero-order valence-electron chi connectivity index (χ0n) is 7.99. The molecule has 0 unspecified atom stereocenters. The second kappa shape index (κ2) is 5.46. The van der Waals surface area contributed by atoms with E-state index < -0.39 is 0 Å². The van der Waals surface area contributed by atoms with Crippen LogP contribution in [-0.4, -0.2) is 0 Å². The van der Waals surface area contributed by atoms with E-state index in [0.29, 0.717) is 5.69 Å². The highest BCUT2D eigenvalue weighted by Crippen LogP contribution is 2.20. The second-order valence-electron chi connectivity index (χ2n) is 3.18. The summed E-state index contributed by atoms with van der Waals surface area (Å²) in [4.78, 5) is 10.4. The van der Waals surface area contributed by atoms with Crippen LogP contribution in [0.2, 0.25) is 0 Å². The van der Waals surface area contributed by atoms with Crippen molar-refractivity contribution in [3.8, 4) is 0 Å². The number of hydrogen-bond donors (Lipinski definition) is 0. The topological polar surface area (TPSA) is 29.4 Å². The van der Waals surface area contributed by atoms with Crippen molar-refractivity contribution in [2.24, 2.45) is 5.18 Å². The summed E-state index contributed by atoms with van der Waals surface area (Å²) in [7, 11) is 0. The maximum absolute atomic E-state index is 10.4. The first kappa shape index (κ1) is 9.90. The lowest BCUT2D eigenvalue weighted by Crippen LogP contribution is -1.85. The van der Waals surface area contributed by atoms with Gasteiger partial charge in [0.15, 0.2) is 0 Å². The molecule has 13 heavy (non-hydrogen) atoms. The molecule has 0 bridgehead atoms. The number of aryl methyl sites for hydroxylation is 1. The Balaban J connectivity index is 2.59. The lowest BCUT2D eigenvalue weighted by atomic mass is 10.1. The van der Waals surface area contributed by atoms with Crippen LogP contribution in [-0.2, 0) is 6.42 Å². The lowest BCUT2D eigenvalue weighted by molar-refractivity contribution is 0.718. The summed E-state index contributed by atoms with van der Waals surface area (Å²) in [6.45, 7) is 2.17. The zero-order chi connectivity index (χ0) is 9.52. The number of hydrogen-bond acceptors (Lipinski definition) is 2. The van der Waals surface area contributed by atoms with Gasteiger partial charge in [-0.2, -0.15) is 0 Å². The molecular weight excluding hydrogens is 162 g/mol. The van der Waals surface area contributed by atoms with Gasteiger partial charge in [0.2, 0.25) is 0 Å². The number of rotatable bonds is 5. The van der Waals surface area contributed by atoms with Crippen LogP contribution in [0.5, 0.6) is 0 Å². The first-order chi connectivity index (χ1) is 6.38. The summed E-state index contributed by atoms with van der Waals surface area (Å²) in [5.41, 5.74) is 1.67. The van der Waals surface area contributed by atoms with Crippen molar-refractivity contribution < 1.29 is 0 Å². The molecule has 0 amide bonds. The maximum atomic E-state index is 10.4. The van der Waals surface area contributed by atoms with Crippen LogP contribution in [0.4, 0.5) is 5.69 Å². The first-order valence-electron chi connectivity index (χ1n) is 4.79. The van der Waals surface area contributed by atoms with Gasteiger partial charge in [-0.05, 0) is 29.6 Å². The van der Waals surface area contributed by atoms with Crippen molar-refractivity contribution in [2.45, 2.75) is 32.6 Å².